The first-order chi connectivity index (χ1) is 11.5. The van der Waals surface area contributed by atoms with E-state index in [4.69, 9.17) is 4.74 Å². The third kappa shape index (κ3) is 3.42. The molecule has 5 heteroatoms. The van der Waals surface area contributed by atoms with Crippen LogP contribution in [0.5, 0.6) is 5.75 Å². The molecular weight excluding hydrogens is 322 g/mol. The fourth-order valence-corrected chi connectivity index (χ4v) is 5.10. The number of hydrogen-bond donors (Lipinski definition) is 1. The fourth-order valence-electron chi connectivity index (χ4n) is 3.51. The Morgan fingerprint density at radius 1 is 1.08 bits per heavy atom. The Morgan fingerprint density at radius 3 is 2.50 bits per heavy atom. The van der Waals surface area contributed by atoms with Crippen LogP contribution in [0.25, 0.3) is 10.8 Å². The van der Waals surface area contributed by atoms with Gasteiger partial charge in [0.2, 0.25) is 10.0 Å². The van der Waals surface area contributed by atoms with Crippen LogP contribution in [0.1, 0.15) is 39.5 Å². The van der Waals surface area contributed by atoms with Gasteiger partial charge in [0, 0.05) is 16.8 Å². The van der Waals surface area contributed by atoms with Gasteiger partial charge in [0.15, 0.2) is 0 Å². The van der Waals surface area contributed by atoms with E-state index in [1.165, 1.54) is 6.42 Å². The average molecular weight is 347 g/mol. The van der Waals surface area contributed by atoms with Crippen LogP contribution in [0.2, 0.25) is 0 Å². The fraction of sp³-hybridized carbons (Fsp3) is 0.474. The van der Waals surface area contributed by atoms with E-state index in [1.807, 2.05) is 31.2 Å². The molecule has 0 unspecified atom stereocenters. The minimum Gasteiger partial charge on any atom is -0.493 e. The summed E-state index contributed by atoms with van der Waals surface area (Å²) in [6.07, 6.45) is 4.26. The van der Waals surface area contributed by atoms with Crippen molar-refractivity contribution in [3.8, 4) is 5.75 Å². The first-order valence-corrected chi connectivity index (χ1v) is 10.2. The molecule has 1 saturated carbocycles. The van der Waals surface area contributed by atoms with Gasteiger partial charge in [-0.15, -0.1) is 0 Å². The van der Waals surface area contributed by atoms with E-state index in [2.05, 4.69) is 11.6 Å². The summed E-state index contributed by atoms with van der Waals surface area (Å²) in [5.74, 6) is 1.10. The van der Waals surface area contributed by atoms with Crippen molar-refractivity contribution in [2.75, 3.05) is 6.61 Å². The lowest BCUT2D eigenvalue weighted by Crippen LogP contribution is -2.41. The van der Waals surface area contributed by atoms with Crippen LogP contribution >= 0.6 is 0 Å². The first-order valence-electron chi connectivity index (χ1n) is 8.70. The molecule has 0 amide bonds. The summed E-state index contributed by atoms with van der Waals surface area (Å²) in [7, 11) is -3.56. The second-order valence-corrected chi connectivity index (χ2v) is 8.21. The Labute approximate surface area is 144 Å². The van der Waals surface area contributed by atoms with Crippen LogP contribution in [0.3, 0.4) is 0 Å². The molecule has 2 aromatic rings. The molecule has 0 heterocycles. The molecule has 0 aromatic heterocycles. The molecule has 3 rings (SSSR count). The topological polar surface area (TPSA) is 55.4 Å². The van der Waals surface area contributed by atoms with E-state index in [9.17, 15) is 8.42 Å². The molecule has 0 aliphatic heterocycles. The number of fused-ring (bicyclic) bond motifs is 1. The summed E-state index contributed by atoms with van der Waals surface area (Å²) in [5, 5.41) is 1.54. The molecule has 1 N–H and O–H groups in total. The molecule has 1 aliphatic carbocycles. The second kappa shape index (κ2) is 7.11. The van der Waals surface area contributed by atoms with Crippen molar-refractivity contribution < 1.29 is 13.2 Å². The van der Waals surface area contributed by atoms with Crippen LogP contribution in [0.4, 0.5) is 0 Å². The molecule has 0 bridgehead atoms. The van der Waals surface area contributed by atoms with Crippen molar-refractivity contribution >= 4 is 20.8 Å². The molecule has 130 valence electrons. The van der Waals surface area contributed by atoms with Gasteiger partial charge in [-0.1, -0.05) is 44.0 Å². The summed E-state index contributed by atoms with van der Waals surface area (Å²) in [5.41, 5.74) is 0. The van der Waals surface area contributed by atoms with E-state index < -0.39 is 10.0 Å². The van der Waals surface area contributed by atoms with Gasteiger partial charge in [-0.3, -0.25) is 0 Å². The average Bonchev–Trinajstić information content (AvgIpc) is 2.57. The highest BCUT2D eigenvalue weighted by atomic mass is 32.2. The molecule has 1 fully saturated rings. The molecular formula is C19H25NO3S. The number of benzene rings is 2. The second-order valence-electron chi connectivity index (χ2n) is 6.53. The van der Waals surface area contributed by atoms with Crippen molar-refractivity contribution in [1.82, 2.24) is 4.72 Å². The Balaban J connectivity index is 2.00. The van der Waals surface area contributed by atoms with E-state index >= 15 is 0 Å². The number of ether oxygens (including phenoxy) is 1. The monoisotopic (exact) mass is 347 g/mol. The Kier molecular flexibility index (Phi) is 5.11. The summed E-state index contributed by atoms with van der Waals surface area (Å²) >= 11 is 0. The zero-order valence-corrected chi connectivity index (χ0v) is 15.1. The van der Waals surface area contributed by atoms with Crippen molar-refractivity contribution in [2.24, 2.45) is 5.92 Å². The minimum absolute atomic E-state index is 0.0223. The maximum atomic E-state index is 13.0. The van der Waals surface area contributed by atoms with Crippen molar-refractivity contribution in [1.29, 1.82) is 0 Å². The zero-order chi connectivity index (χ0) is 17.2. The number of hydrogen-bond acceptors (Lipinski definition) is 3. The zero-order valence-electron chi connectivity index (χ0n) is 14.3. The molecule has 2 aromatic carbocycles. The standard InChI is InChI=1S/C19H25NO3S/c1-3-23-18-12-13-19(16-10-6-5-9-15(16)18)24(21,22)20-17-11-7-4-8-14(17)2/h5-6,9-10,12-14,17,20H,3-4,7-8,11H2,1-2H3/t14-,17+/m1/s1. The molecule has 0 spiro atoms. The quantitative estimate of drug-likeness (QED) is 0.886. The Bertz CT molecular complexity index is 816. The summed E-state index contributed by atoms with van der Waals surface area (Å²) in [4.78, 5) is 0.333. The maximum absolute atomic E-state index is 13.0. The third-order valence-electron chi connectivity index (χ3n) is 4.85. The van der Waals surface area contributed by atoms with Crippen LogP contribution in [-0.4, -0.2) is 21.1 Å². The lowest BCUT2D eigenvalue weighted by molar-refractivity contribution is 0.310. The van der Waals surface area contributed by atoms with Crippen LogP contribution < -0.4 is 9.46 Å². The SMILES string of the molecule is CCOc1ccc(S(=O)(=O)N[C@H]2CCCC[C@H]2C)c2ccccc12. The van der Waals surface area contributed by atoms with Crippen molar-refractivity contribution in [3.05, 3.63) is 36.4 Å². The lowest BCUT2D eigenvalue weighted by Gasteiger charge is -2.29. The highest BCUT2D eigenvalue weighted by Gasteiger charge is 2.28. The van der Waals surface area contributed by atoms with Gasteiger partial charge >= 0.3 is 0 Å². The number of sulfonamides is 1. The molecule has 4 nitrogen and oxygen atoms in total. The molecule has 0 saturated heterocycles. The van der Waals surface area contributed by atoms with Gasteiger partial charge in [0.1, 0.15) is 5.75 Å². The van der Waals surface area contributed by atoms with Crippen molar-refractivity contribution in [2.45, 2.75) is 50.5 Å². The predicted molar refractivity (Wildman–Crippen MR) is 96.9 cm³/mol. The van der Waals surface area contributed by atoms with Gasteiger partial charge < -0.3 is 4.74 Å². The summed E-state index contributed by atoms with van der Waals surface area (Å²) < 4.78 is 34.5. The van der Waals surface area contributed by atoms with Crippen LogP contribution in [-0.2, 0) is 10.0 Å². The predicted octanol–water partition coefficient (Wildman–Crippen LogP) is 4.10. The molecule has 0 radical (unpaired) electrons. The van der Waals surface area contributed by atoms with Gasteiger partial charge in [-0.2, -0.15) is 0 Å². The first kappa shape index (κ1) is 17.2. The van der Waals surface area contributed by atoms with Gasteiger partial charge in [0.25, 0.3) is 0 Å². The summed E-state index contributed by atoms with van der Waals surface area (Å²) in [6.45, 7) is 4.60. The van der Waals surface area contributed by atoms with Crippen molar-refractivity contribution in [3.63, 3.8) is 0 Å². The highest BCUT2D eigenvalue weighted by molar-refractivity contribution is 7.89. The van der Waals surface area contributed by atoms with Crippen LogP contribution in [0.15, 0.2) is 41.3 Å². The van der Waals surface area contributed by atoms with E-state index in [1.54, 1.807) is 12.1 Å². The highest BCUT2D eigenvalue weighted by Crippen LogP contribution is 2.32. The molecule has 1 aliphatic rings. The molecule has 24 heavy (non-hydrogen) atoms. The van der Waals surface area contributed by atoms with Gasteiger partial charge in [0.05, 0.1) is 11.5 Å². The smallest absolute Gasteiger partial charge is 0.241 e. The normalized spacial score (nSPS) is 21.8. The summed E-state index contributed by atoms with van der Waals surface area (Å²) in [6, 6.07) is 10.9. The molecule has 2 atom stereocenters. The maximum Gasteiger partial charge on any atom is 0.241 e. The minimum atomic E-state index is -3.56. The van der Waals surface area contributed by atoms with E-state index in [0.29, 0.717) is 22.8 Å². The van der Waals surface area contributed by atoms with Gasteiger partial charge in [-0.05, 0) is 37.8 Å². The van der Waals surface area contributed by atoms with E-state index in [0.717, 1.165) is 30.4 Å². The van der Waals surface area contributed by atoms with Gasteiger partial charge in [-0.25, -0.2) is 13.1 Å². The number of rotatable bonds is 5. The lowest BCUT2D eigenvalue weighted by atomic mass is 9.87. The Morgan fingerprint density at radius 2 is 1.79 bits per heavy atom. The van der Waals surface area contributed by atoms with E-state index in [-0.39, 0.29) is 6.04 Å². The largest absolute Gasteiger partial charge is 0.493 e. The Hall–Kier alpha value is -1.59. The number of nitrogens with one attached hydrogen (secondary N) is 1. The van der Waals surface area contributed by atoms with Crippen LogP contribution in [0, 0.1) is 5.92 Å². The third-order valence-corrected chi connectivity index (χ3v) is 6.40.